The molecule has 90 valence electrons. The lowest BCUT2D eigenvalue weighted by Gasteiger charge is -2.23. The first-order valence-electron chi connectivity index (χ1n) is 6.21. The summed E-state index contributed by atoms with van der Waals surface area (Å²) in [6, 6.07) is 4.61. The zero-order chi connectivity index (χ0) is 11.2. The molecule has 1 saturated heterocycles. The predicted molar refractivity (Wildman–Crippen MR) is 63.4 cm³/mol. The van der Waals surface area contributed by atoms with Crippen LogP contribution in [0.25, 0.3) is 0 Å². The van der Waals surface area contributed by atoms with Crippen molar-refractivity contribution >= 4 is 0 Å². The molecule has 1 aromatic heterocycles. The summed E-state index contributed by atoms with van der Waals surface area (Å²) in [7, 11) is 0. The highest BCUT2D eigenvalue weighted by atomic mass is 16.5. The van der Waals surface area contributed by atoms with Crippen molar-refractivity contribution in [3.63, 3.8) is 0 Å². The second-order valence-electron chi connectivity index (χ2n) is 4.50. The average Bonchev–Trinajstić information content (AvgIpc) is 2.72. The predicted octanol–water partition coefficient (Wildman–Crippen LogP) is 2.64. The van der Waals surface area contributed by atoms with Crippen molar-refractivity contribution in [2.45, 2.75) is 45.3 Å². The molecule has 0 aromatic carbocycles. The molecule has 1 unspecified atom stereocenters. The average molecular weight is 223 g/mol. The zero-order valence-corrected chi connectivity index (χ0v) is 10.00. The van der Waals surface area contributed by atoms with Crippen molar-refractivity contribution in [3.05, 3.63) is 23.7 Å². The molecule has 1 aliphatic heterocycles. The van der Waals surface area contributed by atoms with Crippen molar-refractivity contribution in [2.75, 3.05) is 13.2 Å². The van der Waals surface area contributed by atoms with Crippen LogP contribution < -0.4 is 5.32 Å². The van der Waals surface area contributed by atoms with Crippen molar-refractivity contribution in [2.24, 2.45) is 0 Å². The fourth-order valence-corrected chi connectivity index (χ4v) is 2.13. The number of ether oxygens (including phenoxy) is 1. The van der Waals surface area contributed by atoms with Gasteiger partial charge in [-0.25, -0.2) is 0 Å². The Kier molecular flexibility index (Phi) is 4.43. The molecule has 1 atom stereocenters. The van der Waals surface area contributed by atoms with Crippen LogP contribution in [0.5, 0.6) is 0 Å². The first kappa shape index (κ1) is 11.7. The smallest absolute Gasteiger partial charge is 0.129 e. The second kappa shape index (κ2) is 6.06. The fourth-order valence-electron chi connectivity index (χ4n) is 2.13. The number of rotatable bonds is 5. The molecule has 0 aliphatic carbocycles. The van der Waals surface area contributed by atoms with Crippen LogP contribution >= 0.6 is 0 Å². The summed E-state index contributed by atoms with van der Waals surface area (Å²) in [6.07, 6.45) is 5.08. The number of hydrogen-bond acceptors (Lipinski definition) is 3. The van der Waals surface area contributed by atoms with Gasteiger partial charge in [0.05, 0.1) is 0 Å². The summed E-state index contributed by atoms with van der Waals surface area (Å²) in [5, 5.41) is 3.52. The number of furan rings is 1. The Morgan fingerprint density at radius 1 is 1.44 bits per heavy atom. The van der Waals surface area contributed by atoms with Crippen LogP contribution in [0.1, 0.15) is 37.2 Å². The normalized spacial score (nSPS) is 21.2. The van der Waals surface area contributed by atoms with Gasteiger partial charge < -0.3 is 14.5 Å². The Labute approximate surface area is 97.2 Å². The molecule has 0 bridgehead atoms. The van der Waals surface area contributed by atoms with E-state index in [0.717, 1.165) is 24.5 Å². The molecule has 16 heavy (non-hydrogen) atoms. The summed E-state index contributed by atoms with van der Waals surface area (Å²) < 4.78 is 11.0. The van der Waals surface area contributed by atoms with Gasteiger partial charge in [-0.2, -0.15) is 0 Å². The molecule has 3 heteroatoms. The second-order valence-corrected chi connectivity index (χ2v) is 4.50. The summed E-state index contributed by atoms with van der Waals surface area (Å²) in [5.41, 5.74) is 0. The summed E-state index contributed by atoms with van der Waals surface area (Å²) in [4.78, 5) is 0. The quantitative estimate of drug-likeness (QED) is 0.779. The minimum Gasteiger partial charge on any atom is -0.464 e. The Bertz CT molecular complexity index is 303. The standard InChI is InChI=1S/C13H21NO2/c1-11-5-6-13(16-11)10-15-9-7-12-4-2-3-8-14-12/h5-6,12,14H,2-4,7-10H2,1H3. The summed E-state index contributed by atoms with van der Waals surface area (Å²) in [5.74, 6) is 1.88. The van der Waals surface area contributed by atoms with Gasteiger partial charge in [-0.05, 0) is 44.9 Å². The maximum Gasteiger partial charge on any atom is 0.129 e. The third kappa shape index (κ3) is 3.65. The maximum absolute atomic E-state index is 5.60. The van der Waals surface area contributed by atoms with Gasteiger partial charge in [0.1, 0.15) is 18.1 Å². The van der Waals surface area contributed by atoms with Crippen LogP contribution in [0.2, 0.25) is 0 Å². The molecule has 1 aromatic rings. The Morgan fingerprint density at radius 2 is 2.38 bits per heavy atom. The number of nitrogens with one attached hydrogen (secondary N) is 1. The fraction of sp³-hybridized carbons (Fsp3) is 0.692. The number of piperidine rings is 1. The lowest BCUT2D eigenvalue weighted by atomic mass is 10.0. The molecular formula is C13H21NO2. The van der Waals surface area contributed by atoms with Gasteiger partial charge in [0, 0.05) is 12.6 Å². The van der Waals surface area contributed by atoms with E-state index in [4.69, 9.17) is 9.15 Å². The van der Waals surface area contributed by atoms with Gasteiger partial charge in [-0.1, -0.05) is 6.42 Å². The molecule has 0 saturated carbocycles. The Morgan fingerprint density at radius 3 is 3.06 bits per heavy atom. The van der Waals surface area contributed by atoms with Crippen LogP contribution in [0.15, 0.2) is 16.5 Å². The van der Waals surface area contributed by atoms with E-state index in [9.17, 15) is 0 Å². The van der Waals surface area contributed by atoms with Gasteiger partial charge >= 0.3 is 0 Å². The third-order valence-corrected chi connectivity index (χ3v) is 3.06. The largest absolute Gasteiger partial charge is 0.464 e. The van der Waals surface area contributed by atoms with Crippen molar-refractivity contribution < 1.29 is 9.15 Å². The van der Waals surface area contributed by atoms with E-state index in [1.54, 1.807) is 0 Å². The van der Waals surface area contributed by atoms with E-state index >= 15 is 0 Å². The van der Waals surface area contributed by atoms with E-state index in [2.05, 4.69) is 5.32 Å². The van der Waals surface area contributed by atoms with E-state index in [-0.39, 0.29) is 0 Å². The van der Waals surface area contributed by atoms with Gasteiger partial charge in [0.15, 0.2) is 0 Å². The summed E-state index contributed by atoms with van der Waals surface area (Å²) in [6.45, 7) is 4.54. The lowest BCUT2D eigenvalue weighted by molar-refractivity contribution is 0.0946. The SMILES string of the molecule is Cc1ccc(COCCC2CCCCN2)o1. The van der Waals surface area contributed by atoms with Crippen molar-refractivity contribution in [1.29, 1.82) is 0 Å². The Balaban J connectivity index is 1.57. The van der Waals surface area contributed by atoms with Crippen LogP contribution in [0.4, 0.5) is 0 Å². The highest BCUT2D eigenvalue weighted by molar-refractivity contribution is 5.04. The van der Waals surface area contributed by atoms with E-state index in [0.29, 0.717) is 12.6 Å². The summed E-state index contributed by atoms with van der Waals surface area (Å²) >= 11 is 0. The van der Waals surface area contributed by atoms with Gasteiger partial charge in [-0.3, -0.25) is 0 Å². The third-order valence-electron chi connectivity index (χ3n) is 3.06. The first-order valence-corrected chi connectivity index (χ1v) is 6.21. The molecule has 0 radical (unpaired) electrons. The molecule has 0 spiro atoms. The molecule has 1 fully saturated rings. The minimum atomic E-state index is 0.598. The van der Waals surface area contributed by atoms with E-state index in [1.165, 1.54) is 25.8 Å². The van der Waals surface area contributed by atoms with Crippen LogP contribution in [0, 0.1) is 6.92 Å². The van der Waals surface area contributed by atoms with Gasteiger partial charge in [0.2, 0.25) is 0 Å². The first-order chi connectivity index (χ1) is 7.84. The molecule has 0 amide bonds. The monoisotopic (exact) mass is 223 g/mol. The van der Waals surface area contributed by atoms with E-state index in [1.807, 2.05) is 19.1 Å². The van der Waals surface area contributed by atoms with Crippen molar-refractivity contribution in [1.82, 2.24) is 5.32 Å². The van der Waals surface area contributed by atoms with Crippen LogP contribution in [-0.4, -0.2) is 19.2 Å². The molecule has 1 N–H and O–H groups in total. The molecular weight excluding hydrogens is 202 g/mol. The lowest BCUT2D eigenvalue weighted by Crippen LogP contribution is -2.34. The van der Waals surface area contributed by atoms with Gasteiger partial charge in [-0.15, -0.1) is 0 Å². The van der Waals surface area contributed by atoms with E-state index < -0.39 is 0 Å². The van der Waals surface area contributed by atoms with Crippen molar-refractivity contribution in [3.8, 4) is 0 Å². The molecule has 1 aliphatic rings. The number of hydrogen-bond donors (Lipinski definition) is 1. The zero-order valence-electron chi connectivity index (χ0n) is 10.00. The van der Waals surface area contributed by atoms with Crippen LogP contribution in [0.3, 0.4) is 0 Å². The maximum atomic E-state index is 5.60. The minimum absolute atomic E-state index is 0.598. The highest BCUT2D eigenvalue weighted by Crippen LogP contribution is 2.11. The Hall–Kier alpha value is -0.800. The van der Waals surface area contributed by atoms with Crippen LogP contribution in [-0.2, 0) is 11.3 Å². The van der Waals surface area contributed by atoms with Gasteiger partial charge in [0.25, 0.3) is 0 Å². The molecule has 2 rings (SSSR count). The highest BCUT2D eigenvalue weighted by Gasteiger charge is 2.11. The topological polar surface area (TPSA) is 34.4 Å². The number of aryl methyl sites for hydroxylation is 1. The molecule has 2 heterocycles. The molecule has 3 nitrogen and oxygen atoms in total.